The molecule has 1 aromatic carbocycles. The van der Waals surface area contributed by atoms with Crippen LogP contribution in [0.3, 0.4) is 0 Å². The predicted octanol–water partition coefficient (Wildman–Crippen LogP) is 4.02. The van der Waals surface area contributed by atoms with Crippen molar-refractivity contribution in [1.29, 1.82) is 0 Å². The van der Waals surface area contributed by atoms with Crippen LogP contribution in [0, 0.1) is 11.7 Å². The van der Waals surface area contributed by atoms with Gasteiger partial charge >= 0.3 is 0 Å². The number of amides is 1. The minimum absolute atomic E-state index is 0.122. The molecule has 1 unspecified atom stereocenters. The summed E-state index contributed by atoms with van der Waals surface area (Å²) in [5.74, 6) is 0.567. The highest BCUT2D eigenvalue weighted by Crippen LogP contribution is 2.23. The van der Waals surface area contributed by atoms with Gasteiger partial charge in [-0.2, -0.15) is 0 Å². The van der Waals surface area contributed by atoms with E-state index in [2.05, 4.69) is 4.98 Å². The number of rotatable bonds is 6. The third kappa shape index (κ3) is 5.12. The SMILES string of the molecule is O=C(CCc1cccnc1)N1CCCC(CCc2ccccc2F)C1. The molecule has 0 radical (unpaired) electrons. The number of carbonyl (C=O) groups is 1. The number of nitrogens with zero attached hydrogens (tertiary/aromatic N) is 2. The van der Waals surface area contributed by atoms with Gasteiger partial charge in [-0.25, -0.2) is 4.39 Å². The topological polar surface area (TPSA) is 33.2 Å². The van der Waals surface area contributed by atoms with E-state index in [9.17, 15) is 9.18 Å². The van der Waals surface area contributed by atoms with E-state index in [4.69, 9.17) is 0 Å². The first-order valence-electron chi connectivity index (χ1n) is 9.12. The Morgan fingerprint density at radius 2 is 2.08 bits per heavy atom. The fraction of sp³-hybridized carbons (Fsp3) is 0.429. The number of aromatic nitrogens is 1. The lowest BCUT2D eigenvalue weighted by Crippen LogP contribution is -2.40. The number of likely N-dealkylation sites (tertiary alicyclic amines) is 1. The highest BCUT2D eigenvalue weighted by molar-refractivity contribution is 5.76. The van der Waals surface area contributed by atoms with E-state index in [1.54, 1.807) is 12.3 Å². The van der Waals surface area contributed by atoms with Gasteiger partial charge in [0, 0.05) is 31.9 Å². The van der Waals surface area contributed by atoms with Crippen molar-refractivity contribution in [2.45, 2.75) is 38.5 Å². The Kier molecular flexibility index (Phi) is 6.15. The van der Waals surface area contributed by atoms with Gasteiger partial charge in [-0.15, -0.1) is 0 Å². The van der Waals surface area contributed by atoms with Gasteiger partial charge in [0.2, 0.25) is 5.91 Å². The van der Waals surface area contributed by atoms with Crippen molar-refractivity contribution in [1.82, 2.24) is 9.88 Å². The van der Waals surface area contributed by atoms with Gasteiger partial charge < -0.3 is 4.90 Å². The van der Waals surface area contributed by atoms with E-state index in [0.717, 1.165) is 56.3 Å². The monoisotopic (exact) mass is 340 g/mol. The summed E-state index contributed by atoms with van der Waals surface area (Å²) in [6.07, 6.45) is 8.69. The van der Waals surface area contributed by atoms with Crippen molar-refractivity contribution >= 4 is 5.91 Å². The van der Waals surface area contributed by atoms with Crippen LogP contribution < -0.4 is 0 Å². The first-order valence-corrected chi connectivity index (χ1v) is 9.12. The second-order valence-electron chi connectivity index (χ2n) is 6.84. The summed E-state index contributed by atoms with van der Waals surface area (Å²) < 4.78 is 13.7. The maximum atomic E-state index is 13.7. The van der Waals surface area contributed by atoms with Crippen LogP contribution in [-0.4, -0.2) is 28.9 Å². The zero-order valence-corrected chi connectivity index (χ0v) is 14.5. The van der Waals surface area contributed by atoms with Crippen LogP contribution in [0.4, 0.5) is 4.39 Å². The minimum Gasteiger partial charge on any atom is -0.342 e. The summed E-state index contributed by atoms with van der Waals surface area (Å²) in [4.78, 5) is 18.6. The van der Waals surface area contributed by atoms with Crippen LogP contribution in [0.1, 0.15) is 36.8 Å². The number of carbonyl (C=O) groups excluding carboxylic acids is 1. The lowest BCUT2D eigenvalue weighted by molar-refractivity contribution is -0.133. The maximum absolute atomic E-state index is 13.7. The van der Waals surface area contributed by atoms with E-state index in [1.807, 2.05) is 35.4 Å². The Balaban J connectivity index is 1.47. The van der Waals surface area contributed by atoms with Gasteiger partial charge in [0.1, 0.15) is 5.82 Å². The van der Waals surface area contributed by atoms with Crippen LogP contribution in [0.2, 0.25) is 0 Å². The molecule has 2 heterocycles. The number of pyridine rings is 1. The molecule has 0 N–H and O–H groups in total. The van der Waals surface area contributed by atoms with Crippen molar-refractivity contribution < 1.29 is 9.18 Å². The van der Waals surface area contributed by atoms with Gasteiger partial charge in [0.25, 0.3) is 0 Å². The third-order valence-corrected chi connectivity index (χ3v) is 5.00. The molecular weight excluding hydrogens is 315 g/mol. The fourth-order valence-corrected chi connectivity index (χ4v) is 3.54. The molecule has 0 saturated carbocycles. The molecule has 25 heavy (non-hydrogen) atoms. The maximum Gasteiger partial charge on any atom is 0.222 e. The molecule has 1 amide bonds. The third-order valence-electron chi connectivity index (χ3n) is 5.00. The fourth-order valence-electron chi connectivity index (χ4n) is 3.54. The average Bonchev–Trinajstić information content (AvgIpc) is 2.66. The lowest BCUT2D eigenvalue weighted by atomic mass is 9.91. The van der Waals surface area contributed by atoms with Crippen LogP contribution >= 0.6 is 0 Å². The molecule has 4 heteroatoms. The second kappa shape index (κ2) is 8.75. The van der Waals surface area contributed by atoms with Gasteiger partial charge in [-0.1, -0.05) is 24.3 Å². The molecule has 1 atom stereocenters. The summed E-state index contributed by atoms with van der Waals surface area (Å²) in [5.41, 5.74) is 1.88. The highest BCUT2D eigenvalue weighted by atomic mass is 19.1. The number of aryl methyl sites for hydroxylation is 2. The van der Waals surface area contributed by atoms with Crippen LogP contribution in [0.15, 0.2) is 48.8 Å². The summed E-state index contributed by atoms with van der Waals surface area (Å²) in [6, 6.07) is 10.9. The summed E-state index contributed by atoms with van der Waals surface area (Å²) >= 11 is 0. The number of hydrogen-bond donors (Lipinski definition) is 0. The normalized spacial score (nSPS) is 17.5. The van der Waals surface area contributed by atoms with Crippen LogP contribution in [0.25, 0.3) is 0 Å². The summed E-state index contributed by atoms with van der Waals surface area (Å²) in [7, 11) is 0. The Morgan fingerprint density at radius 3 is 2.88 bits per heavy atom. The molecule has 1 fully saturated rings. The molecule has 0 spiro atoms. The largest absolute Gasteiger partial charge is 0.342 e. The van der Waals surface area contributed by atoms with Crippen molar-refractivity contribution in [2.24, 2.45) is 5.92 Å². The molecule has 3 nitrogen and oxygen atoms in total. The molecule has 1 aliphatic rings. The van der Waals surface area contributed by atoms with Crippen LogP contribution in [-0.2, 0) is 17.6 Å². The number of piperidine rings is 1. The van der Waals surface area contributed by atoms with E-state index in [-0.39, 0.29) is 11.7 Å². The molecule has 1 saturated heterocycles. The zero-order chi connectivity index (χ0) is 17.5. The lowest BCUT2D eigenvalue weighted by Gasteiger charge is -2.33. The number of benzene rings is 1. The quantitative estimate of drug-likeness (QED) is 0.795. The Morgan fingerprint density at radius 1 is 1.20 bits per heavy atom. The van der Waals surface area contributed by atoms with Crippen molar-refractivity contribution in [3.05, 3.63) is 65.7 Å². The Bertz CT molecular complexity index is 689. The van der Waals surface area contributed by atoms with Crippen LogP contribution in [0.5, 0.6) is 0 Å². The first kappa shape index (κ1) is 17.6. The Hall–Kier alpha value is -2.23. The van der Waals surface area contributed by atoms with Gasteiger partial charge in [0.05, 0.1) is 0 Å². The van der Waals surface area contributed by atoms with Crippen molar-refractivity contribution in [2.75, 3.05) is 13.1 Å². The molecular formula is C21H25FN2O. The Labute approximate surface area is 148 Å². The second-order valence-corrected chi connectivity index (χ2v) is 6.84. The molecule has 3 rings (SSSR count). The average molecular weight is 340 g/mol. The number of halogens is 1. The van der Waals surface area contributed by atoms with Gasteiger partial charge in [0.15, 0.2) is 0 Å². The first-order chi connectivity index (χ1) is 12.2. The molecule has 1 aromatic heterocycles. The van der Waals surface area contributed by atoms with Gasteiger partial charge in [-0.05, 0) is 61.3 Å². The smallest absolute Gasteiger partial charge is 0.222 e. The predicted molar refractivity (Wildman–Crippen MR) is 96.6 cm³/mol. The van der Waals surface area contributed by atoms with E-state index < -0.39 is 0 Å². The highest BCUT2D eigenvalue weighted by Gasteiger charge is 2.23. The van der Waals surface area contributed by atoms with Crippen molar-refractivity contribution in [3.63, 3.8) is 0 Å². The summed E-state index contributed by atoms with van der Waals surface area (Å²) in [6.45, 7) is 1.66. The zero-order valence-electron chi connectivity index (χ0n) is 14.5. The summed E-state index contributed by atoms with van der Waals surface area (Å²) in [5, 5.41) is 0. The van der Waals surface area contributed by atoms with Gasteiger partial charge in [-0.3, -0.25) is 9.78 Å². The van der Waals surface area contributed by atoms with E-state index in [0.29, 0.717) is 12.3 Å². The van der Waals surface area contributed by atoms with E-state index in [1.165, 1.54) is 6.07 Å². The molecule has 2 aromatic rings. The number of hydrogen-bond acceptors (Lipinski definition) is 2. The van der Waals surface area contributed by atoms with Crippen molar-refractivity contribution in [3.8, 4) is 0 Å². The minimum atomic E-state index is -0.122. The van der Waals surface area contributed by atoms with E-state index >= 15 is 0 Å². The molecule has 1 aliphatic heterocycles. The standard InChI is InChI=1S/C21H25FN2O/c22-20-8-2-1-7-19(20)11-9-18-6-4-14-24(16-18)21(25)12-10-17-5-3-13-23-15-17/h1-3,5,7-8,13,15,18H,4,6,9-12,14,16H2. The molecule has 0 bridgehead atoms. The molecule has 0 aliphatic carbocycles. The molecule has 132 valence electrons.